The first-order chi connectivity index (χ1) is 52.7. The highest BCUT2D eigenvalue weighted by Gasteiger charge is 2.29. The molecule has 0 radical (unpaired) electrons. The molecular formula is C94H184N6O8. The second-order valence-electron chi connectivity index (χ2n) is 33.8. The number of rotatable bonds is 87. The molecule has 0 aliphatic carbocycles. The van der Waals surface area contributed by atoms with Crippen molar-refractivity contribution in [1.29, 1.82) is 0 Å². The molecule has 4 amide bonds. The van der Waals surface area contributed by atoms with Gasteiger partial charge in [-0.05, 0) is 130 Å². The molecule has 0 unspecified atom stereocenters. The van der Waals surface area contributed by atoms with Crippen LogP contribution in [0, 0.1) is 5.41 Å². The van der Waals surface area contributed by atoms with Crippen LogP contribution in [0.2, 0.25) is 0 Å². The maximum absolute atomic E-state index is 13.3. The van der Waals surface area contributed by atoms with E-state index in [4.69, 9.17) is 9.47 Å². The first-order valence-corrected chi connectivity index (χ1v) is 47.6. The fourth-order valence-electron chi connectivity index (χ4n) is 15.2. The van der Waals surface area contributed by atoms with Gasteiger partial charge in [-0.15, -0.1) is 0 Å². The van der Waals surface area contributed by atoms with Gasteiger partial charge in [0.1, 0.15) is 0 Å². The number of nitrogens with zero attached hydrogens (tertiary/aromatic N) is 2. The highest BCUT2D eigenvalue weighted by molar-refractivity contribution is 5.83. The highest BCUT2D eigenvalue weighted by atomic mass is 16.5. The lowest BCUT2D eigenvalue weighted by atomic mass is 9.87. The number of carbonyl (C=O) groups excluding carboxylic acids is 6. The summed E-state index contributed by atoms with van der Waals surface area (Å²) in [6, 6.07) is 0.610. The number of amides is 4. The summed E-state index contributed by atoms with van der Waals surface area (Å²) >= 11 is 0. The van der Waals surface area contributed by atoms with Crippen LogP contribution < -0.4 is 21.3 Å². The van der Waals surface area contributed by atoms with Gasteiger partial charge < -0.3 is 40.5 Å². The number of ether oxygens (including phenoxy) is 2. The van der Waals surface area contributed by atoms with E-state index in [-0.39, 0.29) is 48.4 Å². The van der Waals surface area contributed by atoms with Gasteiger partial charge in [-0.25, -0.2) is 0 Å². The summed E-state index contributed by atoms with van der Waals surface area (Å²) in [5, 5.41) is 13.2. The number of hydrogen-bond acceptors (Lipinski definition) is 10. The molecule has 108 heavy (non-hydrogen) atoms. The zero-order valence-corrected chi connectivity index (χ0v) is 73.3. The van der Waals surface area contributed by atoms with Crippen molar-refractivity contribution in [2.45, 2.75) is 498 Å². The summed E-state index contributed by atoms with van der Waals surface area (Å²) in [5.74, 6) is 0.0423. The lowest BCUT2D eigenvalue weighted by molar-refractivity contribution is -0.154. The minimum absolute atomic E-state index is 0.0854. The van der Waals surface area contributed by atoms with Crippen molar-refractivity contribution in [3.63, 3.8) is 0 Å². The predicted octanol–water partition coefficient (Wildman–Crippen LogP) is 25.2. The first kappa shape index (κ1) is 105. The zero-order valence-electron chi connectivity index (χ0n) is 73.3. The molecule has 0 fully saturated rings. The van der Waals surface area contributed by atoms with E-state index in [0.29, 0.717) is 57.6 Å². The molecule has 0 aliphatic rings. The van der Waals surface area contributed by atoms with Crippen molar-refractivity contribution >= 4 is 35.6 Å². The van der Waals surface area contributed by atoms with Crippen molar-refractivity contribution in [3.8, 4) is 0 Å². The molecule has 14 nitrogen and oxygen atoms in total. The average Bonchev–Trinajstić information content (AvgIpc) is 0.887. The third kappa shape index (κ3) is 74.2. The highest BCUT2D eigenvalue weighted by Crippen LogP contribution is 2.26. The van der Waals surface area contributed by atoms with Crippen LogP contribution in [0.15, 0.2) is 0 Å². The van der Waals surface area contributed by atoms with Crippen molar-refractivity contribution in [2.24, 2.45) is 5.41 Å². The van der Waals surface area contributed by atoms with Crippen molar-refractivity contribution in [1.82, 2.24) is 31.1 Å². The molecule has 638 valence electrons. The van der Waals surface area contributed by atoms with Crippen molar-refractivity contribution in [2.75, 3.05) is 65.6 Å². The second kappa shape index (κ2) is 81.7. The van der Waals surface area contributed by atoms with Gasteiger partial charge >= 0.3 is 11.9 Å². The van der Waals surface area contributed by atoms with E-state index >= 15 is 0 Å². The topological polar surface area (TPSA) is 175 Å². The number of hydrogen-bond donors (Lipinski definition) is 4. The Labute approximate surface area is 670 Å². The number of nitrogens with one attached hydrogen (secondary N) is 4. The molecule has 0 atom stereocenters. The molecular weight excluding hydrogens is 1340 g/mol. The summed E-state index contributed by atoms with van der Waals surface area (Å²) in [4.78, 5) is 83.9. The molecule has 4 N–H and O–H groups in total. The summed E-state index contributed by atoms with van der Waals surface area (Å²) in [5.41, 5.74) is -0.540. The van der Waals surface area contributed by atoms with Gasteiger partial charge in [0.05, 0.1) is 18.6 Å². The monoisotopic (exact) mass is 1530 g/mol. The second-order valence-corrected chi connectivity index (χ2v) is 33.8. The largest absolute Gasteiger partial charge is 0.466 e. The molecule has 0 aromatic heterocycles. The lowest BCUT2D eigenvalue weighted by Crippen LogP contribution is -2.38. The Morgan fingerprint density at radius 2 is 0.528 bits per heavy atom. The van der Waals surface area contributed by atoms with Crippen LogP contribution in [0.3, 0.4) is 0 Å². The van der Waals surface area contributed by atoms with E-state index < -0.39 is 5.41 Å². The van der Waals surface area contributed by atoms with E-state index in [9.17, 15) is 28.8 Å². The van der Waals surface area contributed by atoms with E-state index in [1.54, 1.807) is 0 Å². The van der Waals surface area contributed by atoms with Gasteiger partial charge in [0.2, 0.25) is 23.6 Å². The van der Waals surface area contributed by atoms with Gasteiger partial charge in [0.25, 0.3) is 0 Å². The molecule has 0 aromatic rings. The van der Waals surface area contributed by atoms with Gasteiger partial charge in [-0.2, -0.15) is 0 Å². The lowest BCUT2D eigenvalue weighted by Gasteiger charge is -2.25. The number of unbranched alkanes of at least 4 members (excludes halogenated alkanes) is 47. The van der Waals surface area contributed by atoms with Crippen LogP contribution in [0.4, 0.5) is 0 Å². The Morgan fingerprint density at radius 3 is 0.861 bits per heavy atom. The molecule has 0 rings (SSSR count). The van der Waals surface area contributed by atoms with Crippen LogP contribution in [0.25, 0.3) is 0 Å². The molecule has 0 saturated carbocycles. The molecule has 0 bridgehead atoms. The maximum Gasteiger partial charge on any atom is 0.311 e. The summed E-state index contributed by atoms with van der Waals surface area (Å²) in [7, 11) is 0. The fraction of sp³-hybridized carbons (Fsp3) is 0.936. The van der Waals surface area contributed by atoms with Crippen LogP contribution in [-0.4, -0.2) is 123 Å². The Bertz CT molecular complexity index is 1960. The van der Waals surface area contributed by atoms with E-state index in [2.05, 4.69) is 72.6 Å². The standard InChI is InChI=1S/C94H184N6O8/c1-9-15-21-27-33-35-37-49-64-84-107-92(105)72-58-51-62-80-99(78-60-47-39-45-56-70-90(103)97-86(66-52-41-29-23-17-11-3)67-53-42-30-24-18-12-4)82-76-95-88(101)73-74-89(102)96-77-83-100(81-63-59-75-94(7,8)93(106)108-85-65-50-38-36-34-28-22-16-10-2)79-61-48-40-46-57-71-91(104)98-87(68-54-43-31-25-19-13-5)69-55-44-32-26-20-14-6/h86-87H,9-85H2,1-8H3,(H,95,101)(H,96,102)(H,97,103)(H,98,104). The summed E-state index contributed by atoms with van der Waals surface area (Å²) in [6.07, 6.45) is 75.1. The smallest absolute Gasteiger partial charge is 0.311 e. The Kier molecular flexibility index (Phi) is 79.3. The predicted molar refractivity (Wildman–Crippen MR) is 462 cm³/mol. The third-order valence-corrected chi connectivity index (χ3v) is 22.6. The first-order valence-electron chi connectivity index (χ1n) is 47.6. The van der Waals surface area contributed by atoms with Gasteiger partial charge in [0.15, 0.2) is 0 Å². The minimum atomic E-state index is -0.540. The zero-order chi connectivity index (χ0) is 79.0. The van der Waals surface area contributed by atoms with Gasteiger partial charge in [-0.1, -0.05) is 350 Å². The molecule has 0 aromatic carbocycles. The van der Waals surface area contributed by atoms with Crippen molar-refractivity contribution in [3.05, 3.63) is 0 Å². The SMILES string of the molecule is CCCCCCCCCCCOC(=O)CCCCCN(CCCCCCCC(=O)NC(CCCCCCCC)CCCCCCCC)CCNC(=O)CCC(=O)NCCN(CCCCCCCC(=O)NC(CCCCCCCC)CCCCCCCC)CCCCC(C)(C)C(=O)OCCCCCCCCCCC. The van der Waals surface area contributed by atoms with Crippen molar-refractivity contribution < 1.29 is 38.2 Å². The average molecular weight is 1530 g/mol. The van der Waals surface area contributed by atoms with Crippen LogP contribution in [-0.2, 0) is 38.2 Å². The summed E-state index contributed by atoms with van der Waals surface area (Å²) in [6.45, 7) is 24.8. The molecule has 0 saturated heterocycles. The normalized spacial score (nSPS) is 11.8. The fourth-order valence-corrected chi connectivity index (χ4v) is 15.2. The molecule has 0 heterocycles. The van der Waals surface area contributed by atoms with Gasteiger partial charge in [-0.3, -0.25) is 28.8 Å². The molecule has 14 heteroatoms. The Hall–Kier alpha value is -3.26. The van der Waals surface area contributed by atoms with E-state index in [0.717, 1.165) is 193 Å². The molecule has 0 spiro atoms. The third-order valence-electron chi connectivity index (χ3n) is 22.6. The molecule has 0 aliphatic heterocycles. The number of esters is 2. The van der Waals surface area contributed by atoms with E-state index in [1.807, 2.05) is 13.8 Å². The van der Waals surface area contributed by atoms with Crippen LogP contribution in [0.5, 0.6) is 0 Å². The van der Waals surface area contributed by atoms with Gasteiger partial charge in [0, 0.05) is 70.4 Å². The number of carbonyl (C=O) groups is 6. The Morgan fingerprint density at radius 1 is 0.269 bits per heavy atom. The Balaban J connectivity index is 5.50. The van der Waals surface area contributed by atoms with Crippen LogP contribution in [0.1, 0.15) is 486 Å². The van der Waals surface area contributed by atoms with Crippen LogP contribution >= 0.6 is 0 Å². The minimum Gasteiger partial charge on any atom is -0.466 e. The van der Waals surface area contributed by atoms with E-state index in [1.165, 1.54) is 244 Å². The maximum atomic E-state index is 13.3. The summed E-state index contributed by atoms with van der Waals surface area (Å²) < 4.78 is 11.4. The quantitative estimate of drug-likeness (QED) is 0.0339.